The van der Waals surface area contributed by atoms with Crippen LogP contribution in [0.5, 0.6) is 0 Å². The number of fused-ring (bicyclic) bond motifs is 1. The molecule has 0 radical (unpaired) electrons. The first kappa shape index (κ1) is 21.0. The van der Waals surface area contributed by atoms with Crippen molar-refractivity contribution in [3.8, 4) is 0 Å². The summed E-state index contributed by atoms with van der Waals surface area (Å²) in [6.07, 6.45) is 0.886. The zero-order valence-electron chi connectivity index (χ0n) is 17.4. The summed E-state index contributed by atoms with van der Waals surface area (Å²) in [6.45, 7) is 9.30. The standard InChI is InChI=1S/C23H27F2N3O/c1-5-10-28-21-9-8-18(24)12-20(21)26-22(28)14-27(13-15(2)3)23(29)17-7-6-16(4)19(25)11-17/h6-9,11-12,15H,5,10,13-14H2,1-4H3. The van der Waals surface area contributed by atoms with Gasteiger partial charge in [-0.25, -0.2) is 13.8 Å². The van der Waals surface area contributed by atoms with Gasteiger partial charge < -0.3 is 9.47 Å². The van der Waals surface area contributed by atoms with Gasteiger partial charge in [0.1, 0.15) is 17.5 Å². The second kappa shape index (κ2) is 8.72. The number of carbonyl (C=O) groups is 1. The Balaban J connectivity index is 1.99. The van der Waals surface area contributed by atoms with Gasteiger partial charge in [0.15, 0.2) is 0 Å². The zero-order valence-corrected chi connectivity index (χ0v) is 17.4. The summed E-state index contributed by atoms with van der Waals surface area (Å²) in [5.41, 5.74) is 2.25. The molecular weight excluding hydrogens is 372 g/mol. The van der Waals surface area contributed by atoms with Crippen LogP contribution in [0.2, 0.25) is 0 Å². The van der Waals surface area contributed by atoms with Crippen molar-refractivity contribution < 1.29 is 13.6 Å². The average Bonchev–Trinajstić information content (AvgIpc) is 2.99. The largest absolute Gasteiger partial charge is 0.331 e. The molecule has 3 rings (SSSR count). The Morgan fingerprint density at radius 2 is 1.93 bits per heavy atom. The van der Waals surface area contributed by atoms with Crippen molar-refractivity contribution in [2.24, 2.45) is 5.92 Å². The SMILES string of the molecule is CCCn1c(CN(CC(C)C)C(=O)c2ccc(C)c(F)c2)nc2cc(F)ccc21. The fourth-order valence-electron chi connectivity index (χ4n) is 3.49. The molecule has 0 aliphatic rings. The molecular formula is C23H27F2N3O. The molecule has 6 heteroatoms. The molecule has 1 heterocycles. The van der Waals surface area contributed by atoms with Gasteiger partial charge in [-0.3, -0.25) is 4.79 Å². The van der Waals surface area contributed by atoms with E-state index in [4.69, 9.17) is 0 Å². The van der Waals surface area contributed by atoms with E-state index in [9.17, 15) is 13.6 Å². The maximum absolute atomic E-state index is 14.0. The Morgan fingerprint density at radius 3 is 2.59 bits per heavy atom. The van der Waals surface area contributed by atoms with Gasteiger partial charge >= 0.3 is 0 Å². The molecule has 2 aromatic carbocycles. The molecule has 29 heavy (non-hydrogen) atoms. The van der Waals surface area contributed by atoms with E-state index in [2.05, 4.69) is 11.9 Å². The van der Waals surface area contributed by atoms with E-state index in [1.54, 1.807) is 30.0 Å². The van der Waals surface area contributed by atoms with Crippen molar-refractivity contribution in [3.05, 3.63) is 65.0 Å². The smallest absolute Gasteiger partial charge is 0.254 e. The maximum atomic E-state index is 14.0. The molecule has 0 N–H and O–H groups in total. The molecule has 0 saturated carbocycles. The quantitative estimate of drug-likeness (QED) is 0.538. The summed E-state index contributed by atoms with van der Waals surface area (Å²) >= 11 is 0. The molecule has 0 aliphatic carbocycles. The second-order valence-electron chi connectivity index (χ2n) is 7.86. The van der Waals surface area contributed by atoms with Crippen LogP contribution in [0.3, 0.4) is 0 Å². The lowest BCUT2D eigenvalue weighted by Gasteiger charge is -2.25. The topological polar surface area (TPSA) is 38.1 Å². The Hall–Kier alpha value is -2.76. The van der Waals surface area contributed by atoms with Gasteiger partial charge in [-0.1, -0.05) is 26.8 Å². The predicted molar refractivity (Wildman–Crippen MR) is 111 cm³/mol. The molecule has 1 amide bonds. The highest BCUT2D eigenvalue weighted by molar-refractivity contribution is 5.94. The first-order chi connectivity index (χ1) is 13.8. The Bertz CT molecular complexity index is 1030. The molecule has 0 bridgehead atoms. The number of hydrogen-bond acceptors (Lipinski definition) is 2. The summed E-state index contributed by atoms with van der Waals surface area (Å²) in [6, 6.07) is 9.11. The molecule has 0 unspecified atom stereocenters. The maximum Gasteiger partial charge on any atom is 0.254 e. The van der Waals surface area contributed by atoms with Gasteiger partial charge in [-0.05, 0) is 49.1 Å². The Labute approximate surface area is 170 Å². The molecule has 1 aromatic heterocycles. The second-order valence-corrected chi connectivity index (χ2v) is 7.86. The van der Waals surface area contributed by atoms with Crippen molar-refractivity contribution in [1.82, 2.24) is 14.5 Å². The number of benzene rings is 2. The number of imidazole rings is 1. The molecule has 4 nitrogen and oxygen atoms in total. The van der Waals surface area contributed by atoms with Crippen LogP contribution in [0.4, 0.5) is 8.78 Å². The lowest BCUT2D eigenvalue weighted by atomic mass is 10.1. The lowest BCUT2D eigenvalue weighted by Crippen LogP contribution is -2.34. The molecule has 154 valence electrons. The van der Waals surface area contributed by atoms with E-state index in [1.807, 2.05) is 18.4 Å². The molecule has 0 atom stereocenters. The molecule has 0 fully saturated rings. The Morgan fingerprint density at radius 1 is 1.17 bits per heavy atom. The van der Waals surface area contributed by atoms with Crippen molar-refractivity contribution in [2.75, 3.05) is 6.54 Å². The third kappa shape index (κ3) is 4.63. The van der Waals surface area contributed by atoms with Crippen LogP contribution in [0.15, 0.2) is 36.4 Å². The summed E-state index contributed by atoms with van der Waals surface area (Å²) < 4.78 is 29.7. The summed E-state index contributed by atoms with van der Waals surface area (Å²) in [7, 11) is 0. The lowest BCUT2D eigenvalue weighted by molar-refractivity contribution is 0.0715. The normalized spacial score (nSPS) is 11.4. The van der Waals surface area contributed by atoms with E-state index < -0.39 is 5.82 Å². The average molecular weight is 399 g/mol. The molecule has 0 saturated heterocycles. The number of halogens is 2. The van der Waals surface area contributed by atoms with Gasteiger partial charge in [0.2, 0.25) is 0 Å². The van der Waals surface area contributed by atoms with Gasteiger partial charge in [-0.2, -0.15) is 0 Å². The number of hydrogen-bond donors (Lipinski definition) is 0. The van der Waals surface area contributed by atoms with Gasteiger partial charge in [0, 0.05) is 24.7 Å². The fraction of sp³-hybridized carbons (Fsp3) is 0.391. The number of aromatic nitrogens is 2. The van der Waals surface area contributed by atoms with Crippen LogP contribution in [-0.4, -0.2) is 26.9 Å². The first-order valence-corrected chi connectivity index (χ1v) is 10.00. The van der Waals surface area contributed by atoms with Crippen LogP contribution < -0.4 is 0 Å². The van der Waals surface area contributed by atoms with Crippen LogP contribution in [0, 0.1) is 24.5 Å². The molecule has 3 aromatic rings. The summed E-state index contributed by atoms with van der Waals surface area (Å²) in [5.74, 6) is -0.0342. The summed E-state index contributed by atoms with van der Waals surface area (Å²) in [5, 5.41) is 0. The molecule has 0 spiro atoms. The highest BCUT2D eigenvalue weighted by Gasteiger charge is 2.21. The van der Waals surface area contributed by atoms with Crippen LogP contribution >= 0.6 is 0 Å². The number of amides is 1. The number of rotatable bonds is 7. The van der Waals surface area contributed by atoms with Crippen LogP contribution in [0.25, 0.3) is 11.0 Å². The first-order valence-electron chi connectivity index (χ1n) is 10.00. The van der Waals surface area contributed by atoms with Crippen LogP contribution in [0.1, 0.15) is 48.9 Å². The van der Waals surface area contributed by atoms with Gasteiger partial charge in [0.25, 0.3) is 5.91 Å². The van der Waals surface area contributed by atoms with Crippen molar-refractivity contribution in [2.45, 2.75) is 47.2 Å². The highest BCUT2D eigenvalue weighted by atomic mass is 19.1. The minimum Gasteiger partial charge on any atom is -0.331 e. The Kier molecular flexibility index (Phi) is 6.30. The summed E-state index contributed by atoms with van der Waals surface area (Å²) in [4.78, 5) is 19.4. The van der Waals surface area contributed by atoms with Crippen molar-refractivity contribution in [3.63, 3.8) is 0 Å². The highest BCUT2D eigenvalue weighted by Crippen LogP contribution is 2.21. The van der Waals surface area contributed by atoms with E-state index in [0.29, 0.717) is 29.0 Å². The minimum absolute atomic E-state index is 0.232. The van der Waals surface area contributed by atoms with Crippen molar-refractivity contribution >= 4 is 16.9 Å². The van der Waals surface area contributed by atoms with E-state index >= 15 is 0 Å². The monoisotopic (exact) mass is 399 g/mol. The minimum atomic E-state index is -0.394. The van der Waals surface area contributed by atoms with E-state index in [1.165, 1.54) is 18.2 Å². The van der Waals surface area contributed by atoms with Gasteiger partial charge in [0.05, 0.1) is 17.6 Å². The molecule has 0 aliphatic heterocycles. The third-order valence-corrected chi connectivity index (χ3v) is 4.86. The predicted octanol–water partition coefficient (Wildman–Crippen LogP) is 5.33. The van der Waals surface area contributed by atoms with Gasteiger partial charge in [-0.15, -0.1) is 0 Å². The number of aryl methyl sites for hydroxylation is 2. The van der Waals surface area contributed by atoms with E-state index in [-0.39, 0.29) is 24.2 Å². The van der Waals surface area contributed by atoms with Crippen molar-refractivity contribution in [1.29, 1.82) is 0 Å². The van der Waals surface area contributed by atoms with Crippen LogP contribution in [-0.2, 0) is 13.1 Å². The van der Waals surface area contributed by atoms with E-state index in [0.717, 1.165) is 18.5 Å². The third-order valence-electron chi connectivity index (χ3n) is 4.86. The number of nitrogens with zero attached hydrogens (tertiary/aromatic N) is 3. The fourth-order valence-corrected chi connectivity index (χ4v) is 3.49. The number of carbonyl (C=O) groups excluding carboxylic acids is 1. The zero-order chi connectivity index (χ0) is 21.1.